The van der Waals surface area contributed by atoms with Gasteiger partial charge < -0.3 is 15.4 Å². The molecule has 0 saturated carbocycles. The van der Waals surface area contributed by atoms with E-state index < -0.39 is 0 Å². The smallest absolute Gasteiger partial charge is 0.264 e. The van der Waals surface area contributed by atoms with Crippen LogP contribution in [0.5, 0.6) is 5.75 Å². The van der Waals surface area contributed by atoms with Gasteiger partial charge in [-0.3, -0.25) is 4.79 Å². The van der Waals surface area contributed by atoms with Crippen molar-refractivity contribution in [2.75, 3.05) is 20.2 Å². The number of halogens is 1. The molecule has 6 heteroatoms. The van der Waals surface area contributed by atoms with Crippen molar-refractivity contribution in [2.45, 2.75) is 25.8 Å². The number of ether oxygens (including phenoxy) is 1. The second-order valence-electron chi connectivity index (χ2n) is 4.84. The van der Waals surface area contributed by atoms with Crippen LogP contribution in [0.3, 0.4) is 0 Å². The van der Waals surface area contributed by atoms with E-state index in [1.54, 1.807) is 7.11 Å². The predicted octanol–water partition coefficient (Wildman–Crippen LogP) is 2.38. The number of carbonyl (C=O) groups excluding carboxylic acids is 1. The third-order valence-electron chi connectivity index (χ3n) is 3.59. The van der Waals surface area contributed by atoms with Crippen molar-refractivity contribution < 1.29 is 9.53 Å². The van der Waals surface area contributed by atoms with Gasteiger partial charge in [0.1, 0.15) is 5.75 Å². The monoisotopic (exact) mass is 304 g/mol. The van der Waals surface area contributed by atoms with Crippen molar-refractivity contribution in [3.63, 3.8) is 0 Å². The molecule has 0 aliphatic carbocycles. The molecule has 19 heavy (non-hydrogen) atoms. The Labute approximate surface area is 124 Å². The fraction of sp³-hybridized carbons (Fsp3) is 0.615. The molecule has 0 radical (unpaired) electrons. The van der Waals surface area contributed by atoms with Crippen molar-refractivity contribution in [1.29, 1.82) is 0 Å². The first-order valence-electron chi connectivity index (χ1n) is 6.29. The first kappa shape index (κ1) is 16.3. The minimum Gasteiger partial charge on any atom is -0.496 e. The van der Waals surface area contributed by atoms with Gasteiger partial charge in [0.05, 0.1) is 12.0 Å². The first-order valence-corrected chi connectivity index (χ1v) is 7.17. The Morgan fingerprint density at radius 2 is 2.16 bits per heavy atom. The molecule has 1 aliphatic heterocycles. The molecule has 1 saturated heterocycles. The predicted molar refractivity (Wildman–Crippen MR) is 80.4 cm³/mol. The molecule has 1 aromatic rings. The third-order valence-corrected chi connectivity index (χ3v) is 4.49. The molecule has 1 aromatic heterocycles. The first-order chi connectivity index (χ1) is 8.61. The largest absolute Gasteiger partial charge is 0.496 e. The summed E-state index contributed by atoms with van der Waals surface area (Å²) in [6.45, 7) is 3.67. The number of nitrogens with two attached hydrogens (primary N) is 1. The molecule has 0 spiro atoms. The van der Waals surface area contributed by atoms with Gasteiger partial charge in [-0.05, 0) is 25.7 Å². The minimum absolute atomic E-state index is 0. The van der Waals surface area contributed by atoms with Crippen LogP contribution in [0, 0.1) is 5.92 Å². The Hall–Kier alpha value is -0.780. The average Bonchev–Trinajstić information content (AvgIpc) is 2.86. The van der Waals surface area contributed by atoms with Crippen LogP contribution in [0.15, 0.2) is 11.4 Å². The van der Waals surface area contributed by atoms with Gasteiger partial charge in [0.15, 0.2) is 0 Å². The summed E-state index contributed by atoms with van der Waals surface area (Å²) in [5.41, 5.74) is 5.90. The van der Waals surface area contributed by atoms with Crippen LogP contribution in [0.4, 0.5) is 0 Å². The fourth-order valence-electron chi connectivity index (χ4n) is 2.32. The zero-order valence-corrected chi connectivity index (χ0v) is 12.9. The lowest BCUT2D eigenvalue weighted by Crippen LogP contribution is -2.42. The molecule has 108 valence electrons. The van der Waals surface area contributed by atoms with E-state index in [0.717, 1.165) is 36.6 Å². The standard InChI is InChI=1S/C13H20N2O2S.ClH/c1-9(14)10-3-5-15(6-4-10)13(16)12-7-11(17-2)8-18-12;/h7-10H,3-6,14H2,1-2H3;1H. The van der Waals surface area contributed by atoms with Gasteiger partial charge in [0.25, 0.3) is 5.91 Å². The van der Waals surface area contributed by atoms with Crippen molar-refractivity contribution in [2.24, 2.45) is 11.7 Å². The van der Waals surface area contributed by atoms with Crippen molar-refractivity contribution >= 4 is 29.7 Å². The van der Waals surface area contributed by atoms with E-state index >= 15 is 0 Å². The lowest BCUT2D eigenvalue weighted by molar-refractivity contribution is 0.0685. The molecule has 2 rings (SSSR count). The number of nitrogens with zero attached hydrogens (tertiary/aromatic N) is 1. The highest BCUT2D eigenvalue weighted by Gasteiger charge is 2.26. The van der Waals surface area contributed by atoms with Gasteiger partial charge in [0, 0.05) is 30.6 Å². The van der Waals surface area contributed by atoms with E-state index in [0.29, 0.717) is 5.92 Å². The molecule has 2 heterocycles. The second kappa shape index (κ2) is 7.12. The van der Waals surface area contributed by atoms with Gasteiger partial charge in [-0.1, -0.05) is 0 Å². The number of rotatable bonds is 3. The Morgan fingerprint density at radius 1 is 1.53 bits per heavy atom. The van der Waals surface area contributed by atoms with E-state index in [9.17, 15) is 4.79 Å². The number of piperidine rings is 1. The molecule has 0 aromatic carbocycles. The minimum atomic E-state index is 0. The lowest BCUT2D eigenvalue weighted by Gasteiger charge is -2.33. The molecule has 2 N–H and O–H groups in total. The average molecular weight is 305 g/mol. The zero-order chi connectivity index (χ0) is 13.1. The maximum absolute atomic E-state index is 12.3. The molecule has 0 bridgehead atoms. The van der Waals surface area contributed by atoms with E-state index in [4.69, 9.17) is 10.5 Å². The molecule has 1 aliphatic rings. The zero-order valence-electron chi connectivity index (χ0n) is 11.3. The van der Waals surface area contributed by atoms with E-state index in [-0.39, 0.29) is 24.4 Å². The maximum Gasteiger partial charge on any atom is 0.264 e. The summed E-state index contributed by atoms with van der Waals surface area (Å²) in [5.74, 6) is 1.42. The summed E-state index contributed by atoms with van der Waals surface area (Å²) in [5, 5.41) is 1.86. The van der Waals surface area contributed by atoms with Crippen LogP contribution >= 0.6 is 23.7 Å². The van der Waals surface area contributed by atoms with E-state index in [1.807, 2.05) is 23.3 Å². The molecule has 1 unspecified atom stereocenters. The van der Waals surface area contributed by atoms with Crippen LogP contribution in [-0.4, -0.2) is 37.0 Å². The lowest BCUT2D eigenvalue weighted by atomic mass is 9.91. The summed E-state index contributed by atoms with van der Waals surface area (Å²) in [4.78, 5) is 14.9. The van der Waals surface area contributed by atoms with Gasteiger partial charge in [-0.25, -0.2) is 0 Å². The summed E-state index contributed by atoms with van der Waals surface area (Å²) >= 11 is 1.44. The Bertz CT molecular complexity index is 415. The molecule has 1 fully saturated rings. The Balaban J connectivity index is 0.00000180. The Kier molecular flexibility index (Phi) is 6.10. The molecule has 1 amide bonds. The quantitative estimate of drug-likeness (QED) is 0.933. The van der Waals surface area contributed by atoms with Crippen LogP contribution in [-0.2, 0) is 0 Å². The number of likely N-dealkylation sites (tertiary alicyclic amines) is 1. The highest BCUT2D eigenvalue weighted by atomic mass is 35.5. The summed E-state index contributed by atoms with van der Waals surface area (Å²) in [7, 11) is 1.62. The highest BCUT2D eigenvalue weighted by molar-refractivity contribution is 7.12. The maximum atomic E-state index is 12.3. The highest BCUT2D eigenvalue weighted by Crippen LogP contribution is 2.25. The van der Waals surface area contributed by atoms with Crippen LogP contribution in [0.2, 0.25) is 0 Å². The van der Waals surface area contributed by atoms with E-state index in [2.05, 4.69) is 0 Å². The van der Waals surface area contributed by atoms with Gasteiger partial charge in [-0.15, -0.1) is 23.7 Å². The van der Waals surface area contributed by atoms with Gasteiger partial charge in [-0.2, -0.15) is 0 Å². The molecule has 4 nitrogen and oxygen atoms in total. The summed E-state index contributed by atoms with van der Waals surface area (Å²) in [6.07, 6.45) is 2.01. The van der Waals surface area contributed by atoms with E-state index in [1.165, 1.54) is 11.3 Å². The normalized spacial score (nSPS) is 17.7. The number of thiophene rings is 1. The van der Waals surface area contributed by atoms with Gasteiger partial charge >= 0.3 is 0 Å². The van der Waals surface area contributed by atoms with Crippen LogP contribution in [0.1, 0.15) is 29.4 Å². The summed E-state index contributed by atoms with van der Waals surface area (Å²) in [6, 6.07) is 2.04. The second-order valence-corrected chi connectivity index (χ2v) is 5.75. The van der Waals surface area contributed by atoms with Crippen LogP contribution in [0.25, 0.3) is 0 Å². The van der Waals surface area contributed by atoms with Crippen molar-refractivity contribution in [1.82, 2.24) is 4.90 Å². The van der Waals surface area contributed by atoms with Crippen LogP contribution < -0.4 is 10.5 Å². The summed E-state index contributed by atoms with van der Waals surface area (Å²) < 4.78 is 5.10. The molecular formula is C13H21ClN2O2S. The fourth-order valence-corrected chi connectivity index (χ4v) is 3.14. The van der Waals surface area contributed by atoms with Gasteiger partial charge in [0.2, 0.25) is 0 Å². The SMILES string of the molecule is COc1csc(C(=O)N2CCC(C(C)N)CC2)c1.Cl. The number of hydrogen-bond acceptors (Lipinski definition) is 4. The number of methoxy groups -OCH3 is 1. The van der Waals surface area contributed by atoms with Crippen molar-refractivity contribution in [3.05, 3.63) is 16.3 Å². The topological polar surface area (TPSA) is 55.6 Å². The third kappa shape index (κ3) is 3.84. The molecule has 1 atom stereocenters. The number of amides is 1. The Morgan fingerprint density at radius 3 is 2.63 bits per heavy atom. The van der Waals surface area contributed by atoms with Crippen molar-refractivity contribution in [3.8, 4) is 5.75 Å². The number of carbonyl (C=O) groups is 1. The number of hydrogen-bond donors (Lipinski definition) is 1. The molecular weight excluding hydrogens is 284 g/mol.